The van der Waals surface area contributed by atoms with E-state index in [1.165, 1.54) is 12.3 Å². The predicted octanol–water partition coefficient (Wildman–Crippen LogP) is 3.79. The van der Waals surface area contributed by atoms with Gasteiger partial charge in [-0.05, 0) is 24.3 Å². The molecule has 0 spiro atoms. The fraction of sp³-hybridized carbons (Fsp3) is 0.125. The van der Waals surface area contributed by atoms with Gasteiger partial charge in [0.15, 0.2) is 5.76 Å². The maximum Gasteiger partial charge on any atom is 0.405 e. The van der Waals surface area contributed by atoms with Crippen molar-refractivity contribution in [1.82, 2.24) is 10.3 Å². The van der Waals surface area contributed by atoms with Crippen molar-refractivity contribution in [2.75, 3.05) is 6.54 Å². The Bertz CT molecular complexity index is 842. The number of amides is 1. The summed E-state index contributed by atoms with van der Waals surface area (Å²) in [4.78, 5) is 16.5. The quantitative estimate of drug-likeness (QED) is 0.799. The first-order chi connectivity index (χ1) is 10.9. The summed E-state index contributed by atoms with van der Waals surface area (Å²) in [5.41, 5.74) is 0.996. The molecule has 7 heteroatoms. The third-order valence-corrected chi connectivity index (χ3v) is 3.18. The number of aromatic nitrogens is 1. The lowest BCUT2D eigenvalue weighted by Gasteiger charge is -2.11. The van der Waals surface area contributed by atoms with Crippen LogP contribution < -0.4 is 5.32 Å². The van der Waals surface area contributed by atoms with E-state index >= 15 is 0 Å². The van der Waals surface area contributed by atoms with Crippen LogP contribution in [0.15, 0.2) is 53.1 Å². The second-order valence-electron chi connectivity index (χ2n) is 4.85. The van der Waals surface area contributed by atoms with Gasteiger partial charge in [0.25, 0.3) is 5.91 Å². The number of nitrogens with zero attached hydrogens (tertiary/aromatic N) is 1. The molecule has 0 radical (unpaired) electrons. The van der Waals surface area contributed by atoms with Gasteiger partial charge in [-0.1, -0.05) is 18.2 Å². The molecule has 1 amide bonds. The largest absolute Gasteiger partial charge is 0.463 e. The molecule has 0 bridgehead atoms. The average Bonchev–Trinajstić information content (AvgIpc) is 3.05. The highest BCUT2D eigenvalue weighted by molar-refractivity contribution is 6.07. The number of carbonyl (C=O) groups is 1. The number of nitrogens with one attached hydrogen (secondary N) is 1. The van der Waals surface area contributed by atoms with E-state index in [-0.39, 0.29) is 5.56 Å². The zero-order valence-corrected chi connectivity index (χ0v) is 11.7. The summed E-state index contributed by atoms with van der Waals surface area (Å²) in [5, 5.41) is 2.36. The van der Waals surface area contributed by atoms with Crippen LogP contribution in [-0.4, -0.2) is 23.6 Å². The molecule has 118 valence electrons. The van der Waals surface area contributed by atoms with E-state index in [0.717, 1.165) is 0 Å². The minimum atomic E-state index is -4.47. The van der Waals surface area contributed by atoms with E-state index in [4.69, 9.17) is 4.42 Å². The van der Waals surface area contributed by atoms with Gasteiger partial charge in [-0.25, -0.2) is 4.98 Å². The molecule has 3 aromatic rings. The van der Waals surface area contributed by atoms with Crippen LogP contribution >= 0.6 is 0 Å². The van der Waals surface area contributed by atoms with Gasteiger partial charge in [-0.15, -0.1) is 0 Å². The van der Waals surface area contributed by atoms with Crippen molar-refractivity contribution in [1.29, 1.82) is 0 Å². The molecular weight excluding hydrogens is 309 g/mol. The molecule has 0 saturated heterocycles. The fourth-order valence-corrected chi connectivity index (χ4v) is 2.19. The summed E-state index contributed by atoms with van der Waals surface area (Å²) in [6.07, 6.45) is -3.02. The predicted molar refractivity (Wildman–Crippen MR) is 77.8 cm³/mol. The number of hydrogen-bond acceptors (Lipinski definition) is 3. The highest BCUT2D eigenvalue weighted by Crippen LogP contribution is 2.25. The van der Waals surface area contributed by atoms with Crippen molar-refractivity contribution >= 4 is 16.8 Å². The Labute approximate surface area is 128 Å². The van der Waals surface area contributed by atoms with Crippen LogP contribution in [0, 0.1) is 0 Å². The van der Waals surface area contributed by atoms with Crippen molar-refractivity contribution in [3.63, 3.8) is 0 Å². The Hall–Kier alpha value is -2.83. The molecule has 3 rings (SSSR count). The maximum absolute atomic E-state index is 12.3. The summed E-state index contributed by atoms with van der Waals surface area (Å²) >= 11 is 0. The Kier molecular flexibility index (Phi) is 3.77. The van der Waals surface area contributed by atoms with Crippen molar-refractivity contribution < 1.29 is 22.4 Å². The van der Waals surface area contributed by atoms with Crippen molar-refractivity contribution in [2.24, 2.45) is 0 Å². The Morgan fingerprint density at radius 3 is 2.65 bits per heavy atom. The van der Waals surface area contributed by atoms with E-state index in [1.54, 1.807) is 36.4 Å². The van der Waals surface area contributed by atoms with Crippen LogP contribution in [0.1, 0.15) is 10.4 Å². The van der Waals surface area contributed by atoms with Gasteiger partial charge in [0, 0.05) is 5.39 Å². The van der Waals surface area contributed by atoms with Crippen LogP contribution in [0.25, 0.3) is 22.4 Å². The van der Waals surface area contributed by atoms with E-state index in [9.17, 15) is 18.0 Å². The first-order valence-electron chi connectivity index (χ1n) is 6.73. The number of alkyl halides is 3. The molecule has 0 aliphatic heterocycles. The van der Waals surface area contributed by atoms with Gasteiger partial charge in [-0.3, -0.25) is 4.79 Å². The summed E-state index contributed by atoms with van der Waals surface area (Å²) in [6, 6.07) is 11.5. The summed E-state index contributed by atoms with van der Waals surface area (Å²) in [7, 11) is 0. The number of halogens is 3. The minimum absolute atomic E-state index is 0.117. The van der Waals surface area contributed by atoms with Crippen LogP contribution in [0.3, 0.4) is 0 Å². The highest BCUT2D eigenvalue weighted by Gasteiger charge is 2.28. The normalized spacial score (nSPS) is 11.6. The van der Waals surface area contributed by atoms with Crippen molar-refractivity contribution in [3.05, 3.63) is 54.3 Å². The molecule has 0 aliphatic carbocycles. The molecule has 2 aromatic heterocycles. The molecule has 1 N–H and O–H groups in total. The number of benzene rings is 1. The lowest BCUT2D eigenvalue weighted by atomic mass is 10.1. The monoisotopic (exact) mass is 320 g/mol. The molecule has 2 heterocycles. The standard InChI is InChI=1S/C16H11F3N2O2/c17-16(18,19)9-20-15(22)11-8-13(14-6-3-7-23-14)21-12-5-2-1-4-10(11)12/h1-8H,9H2,(H,20,22). The van der Waals surface area contributed by atoms with E-state index < -0.39 is 18.6 Å². The van der Waals surface area contributed by atoms with Gasteiger partial charge in [0.05, 0.1) is 17.3 Å². The van der Waals surface area contributed by atoms with Crippen LogP contribution in [0.2, 0.25) is 0 Å². The number of carbonyl (C=O) groups excluding carboxylic acids is 1. The smallest absolute Gasteiger partial charge is 0.405 e. The zero-order valence-electron chi connectivity index (χ0n) is 11.7. The highest BCUT2D eigenvalue weighted by atomic mass is 19.4. The van der Waals surface area contributed by atoms with Gasteiger partial charge >= 0.3 is 6.18 Å². The van der Waals surface area contributed by atoms with Crippen molar-refractivity contribution in [2.45, 2.75) is 6.18 Å². The molecular formula is C16H11F3N2O2. The third kappa shape index (κ3) is 3.33. The topological polar surface area (TPSA) is 55.1 Å². The summed E-state index contributed by atoms with van der Waals surface area (Å²) in [6.45, 7) is -1.39. The van der Waals surface area contributed by atoms with Crippen LogP contribution in [0.4, 0.5) is 13.2 Å². The molecule has 0 atom stereocenters. The molecule has 1 aromatic carbocycles. The second-order valence-corrected chi connectivity index (χ2v) is 4.85. The van der Waals surface area contributed by atoms with Gasteiger partial charge in [0.2, 0.25) is 0 Å². The lowest BCUT2D eigenvalue weighted by molar-refractivity contribution is -0.123. The van der Waals surface area contributed by atoms with E-state index in [1.807, 2.05) is 5.32 Å². The zero-order chi connectivity index (χ0) is 16.4. The van der Waals surface area contributed by atoms with E-state index in [2.05, 4.69) is 4.98 Å². The lowest BCUT2D eigenvalue weighted by Crippen LogP contribution is -2.33. The SMILES string of the molecule is O=C(NCC(F)(F)F)c1cc(-c2ccco2)nc2ccccc12. The number of para-hydroxylation sites is 1. The summed E-state index contributed by atoms with van der Waals surface area (Å²) < 4.78 is 42.2. The fourth-order valence-electron chi connectivity index (χ4n) is 2.19. The summed E-state index contributed by atoms with van der Waals surface area (Å²) in [5.74, 6) is -0.380. The molecule has 0 fully saturated rings. The molecule has 0 saturated carbocycles. The molecule has 0 unspecified atom stereocenters. The Morgan fingerprint density at radius 1 is 1.17 bits per heavy atom. The number of fused-ring (bicyclic) bond motifs is 1. The van der Waals surface area contributed by atoms with Crippen LogP contribution in [0.5, 0.6) is 0 Å². The van der Waals surface area contributed by atoms with Crippen molar-refractivity contribution in [3.8, 4) is 11.5 Å². The maximum atomic E-state index is 12.3. The first kappa shape index (κ1) is 15.1. The molecule has 23 heavy (non-hydrogen) atoms. The molecule has 0 aliphatic rings. The second kappa shape index (κ2) is 5.75. The van der Waals surface area contributed by atoms with Gasteiger partial charge in [0.1, 0.15) is 12.2 Å². The number of furan rings is 1. The third-order valence-electron chi connectivity index (χ3n) is 3.18. The number of hydrogen-bond donors (Lipinski definition) is 1. The minimum Gasteiger partial charge on any atom is -0.463 e. The number of pyridine rings is 1. The Morgan fingerprint density at radius 2 is 1.96 bits per heavy atom. The first-order valence-corrected chi connectivity index (χ1v) is 6.73. The molecule has 4 nitrogen and oxygen atoms in total. The van der Waals surface area contributed by atoms with Gasteiger partial charge < -0.3 is 9.73 Å². The number of rotatable bonds is 3. The Balaban J connectivity index is 2.05. The van der Waals surface area contributed by atoms with E-state index in [0.29, 0.717) is 22.4 Å². The average molecular weight is 320 g/mol. The van der Waals surface area contributed by atoms with Crippen LogP contribution in [-0.2, 0) is 0 Å². The van der Waals surface area contributed by atoms with Gasteiger partial charge in [-0.2, -0.15) is 13.2 Å².